The molecule has 0 bridgehead atoms. The molecule has 0 aliphatic heterocycles. The first kappa shape index (κ1) is 13.8. The van der Waals surface area contributed by atoms with Crippen molar-refractivity contribution >= 4 is 16.9 Å². The molecule has 1 aromatic heterocycles. The molecule has 102 valence electrons. The molecule has 7 nitrogen and oxygen atoms in total. The van der Waals surface area contributed by atoms with E-state index in [1.807, 2.05) is 0 Å². The van der Waals surface area contributed by atoms with Gasteiger partial charge in [0.05, 0.1) is 11.0 Å². The Labute approximate surface area is 115 Å². The number of unbranched alkanes of at least 4 members (excludes halogenated alkanes) is 1. The predicted octanol–water partition coefficient (Wildman–Crippen LogP) is 2.45. The van der Waals surface area contributed by atoms with Crippen molar-refractivity contribution in [1.29, 1.82) is 0 Å². The molecule has 1 amide bonds. The number of nitrogens with one attached hydrogen (secondary N) is 1. The van der Waals surface area contributed by atoms with Crippen LogP contribution in [0.2, 0.25) is 0 Å². The van der Waals surface area contributed by atoms with Gasteiger partial charge in [-0.3, -0.25) is 14.8 Å². The summed E-state index contributed by atoms with van der Waals surface area (Å²) >= 11 is 0. The molecule has 0 aliphatic carbocycles. The standard InChI is InChI=1S/C13H14N6O/c14-19-18-6-2-1-5-17-13(20)10-3-4-11-12(9-10)16-8-7-15-11/h3-4,7-9H,1-2,5-6H2,(H,17,20). The first-order valence-corrected chi connectivity index (χ1v) is 6.31. The molecule has 7 heteroatoms. The number of hydrogen-bond donors (Lipinski definition) is 1. The molecule has 1 N–H and O–H groups in total. The Balaban J connectivity index is 1.89. The highest BCUT2D eigenvalue weighted by Crippen LogP contribution is 2.10. The summed E-state index contributed by atoms with van der Waals surface area (Å²) in [6.07, 6.45) is 4.75. The molecule has 0 aliphatic rings. The Morgan fingerprint density at radius 3 is 2.85 bits per heavy atom. The summed E-state index contributed by atoms with van der Waals surface area (Å²) in [4.78, 5) is 22.9. The van der Waals surface area contributed by atoms with Gasteiger partial charge in [0.15, 0.2) is 0 Å². The van der Waals surface area contributed by atoms with E-state index in [1.54, 1.807) is 30.6 Å². The quantitative estimate of drug-likeness (QED) is 0.377. The number of nitrogens with zero attached hydrogens (tertiary/aromatic N) is 5. The number of amides is 1. The Morgan fingerprint density at radius 1 is 1.25 bits per heavy atom. The molecule has 2 aromatic rings. The van der Waals surface area contributed by atoms with E-state index in [9.17, 15) is 4.79 Å². The van der Waals surface area contributed by atoms with Crippen molar-refractivity contribution in [3.8, 4) is 0 Å². The lowest BCUT2D eigenvalue weighted by molar-refractivity contribution is 0.0953. The van der Waals surface area contributed by atoms with Gasteiger partial charge in [-0.25, -0.2) is 0 Å². The second-order valence-corrected chi connectivity index (χ2v) is 4.18. The summed E-state index contributed by atoms with van der Waals surface area (Å²) in [6, 6.07) is 5.23. The van der Waals surface area contributed by atoms with Gasteiger partial charge in [-0.1, -0.05) is 5.11 Å². The molecule has 20 heavy (non-hydrogen) atoms. The van der Waals surface area contributed by atoms with Crippen LogP contribution in [0.5, 0.6) is 0 Å². The average Bonchev–Trinajstić information content (AvgIpc) is 2.50. The van der Waals surface area contributed by atoms with Gasteiger partial charge in [-0.15, -0.1) is 0 Å². The Bertz CT molecular complexity index is 650. The molecule has 0 saturated heterocycles. The maximum Gasteiger partial charge on any atom is 0.251 e. The van der Waals surface area contributed by atoms with Crippen molar-refractivity contribution in [1.82, 2.24) is 15.3 Å². The van der Waals surface area contributed by atoms with Crippen LogP contribution in [0.3, 0.4) is 0 Å². The first-order chi connectivity index (χ1) is 9.81. The van der Waals surface area contributed by atoms with E-state index in [-0.39, 0.29) is 5.91 Å². The molecule has 1 aromatic carbocycles. The van der Waals surface area contributed by atoms with Gasteiger partial charge >= 0.3 is 0 Å². The summed E-state index contributed by atoms with van der Waals surface area (Å²) in [5.41, 5.74) is 10.1. The molecule has 0 atom stereocenters. The molecule has 0 unspecified atom stereocenters. The Kier molecular flexibility index (Phi) is 4.86. The molecule has 0 fully saturated rings. The second-order valence-electron chi connectivity index (χ2n) is 4.18. The van der Waals surface area contributed by atoms with Crippen LogP contribution in [0.15, 0.2) is 35.7 Å². The zero-order valence-corrected chi connectivity index (χ0v) is 10.9. The number of fused-ring (bicyclic) bond motifs is 1. The van der Waals surface area contributed by atoms with E-state index < -0.39 is 0 Å². The molecule has 1 heterocycles. The van der Waals surface area contributed by atoms with Crippen LogP contribution in [0.1, 0.15) is 23.2 Å². The third-order valence-electron chi connectivity index (χ3n) is 2.77. The van der Waals surface area contributed by atoms with Crippen molar-refractivity contribution in [2.45, 2.75) is 12.8 Å². The highest BCUT2D eigenvalue weighted by molar-refractivity contribution is 5.97. The second kappa shape index (κ2) is 7.06. The minimum atomic E-state index is -0.138. The van der Waals surface area contributed by atoms with Gasteiger partial charge in [0.25, 0.3) is 5.91 Å². The smallest absolute Gasteiger partial charge is 0.251 e. The fourth-order valence-electron chi connectivity index (χ4n) is 1.76. The van der Waals surface area contributed by atoms with Gasteiger partial charge < -0.3 is 5.32 Å². The minimum absolute atomic E-state index is 0.138. The van der Waals surface area contributed by atoms with Crippen molar-refractivity contribution in [2.75, 3.05) is 13.1 Å². The number of rotatable bonds is 6. The first-order valence-electron chi connectivity index (χ1n) is 6.31. The van der Waals surface area contributed by atoms with Gasteiger partial charge in [0.2, 0.25) is 0 Å². The Hall–Kier alpha value is -2.66. The zero-order chi connectivity index (χ0) is 14.2. The van der Waals surface area contributed by atoms with E-state index in [2.05, 4.69) is 25.3 Å². The number of hydrogen-bond acceptors (Lipinski definition) is 4. The molecular formula is C13H14N6O. The van der Waals surface area contributed by atoms with Crippen LogP contribution in [-0.2, 0) is 0 Å². The monoisotopic (exact) mass is 270 g/mol. The number of aromatic nitrogens is 2. The third-order valence-corrected chi connectivity index (χ3v) is 2.77. The van der Waals surface area contributed by atoms with Gasteiger partial charge in [0, 0.05) is 36.0 Å². The normalized spacial score (nSPS) is 10.0. The number of azide groups is 1. The molecule has 0 spiro atoms. The van der Waals surface area contributed by atoms with E-state index in [4.69, 9.17) is 5.53 Å². The summed E-state index contributed by atoms with van der Waals surface area (Å²) in [5, 5.41) is 6.25. The summed E-state index contributed by atoms with van der Waals surface area (Å²) in [6.45, 7) is 1.01. The number of carbonyl (C=O) groups is 1. The molecule has 0 saturated carbocycles. The van der Waals surface area contributed by atoms with Gasteiger partial charge in [-0.05, 0) is 36.6 Å². The van der Waals surface area contributed by atoms with Crippen LogP contribution >= 0.6 is 0 Å². The third kappa shape index (κ3) is 3.66. The highest BCUT2D eigenvalue weighted by atomic mass is 16.1. The lowest BCUT2D eigenvalue weighted by atomic mass is 10.2. The average molecular weight is 270 g/mol. The largest absolute Gasteiger partial charge is 0.352 e. The maximum atomic E-state index is 11.9. The lowest BCUT2D eigenvalue weighted by Gasteiger charge is -2.05. The zero-order valence-electron chi connectivity index (χ0n) is 10.9. The fourth-order valence-corrected chi connectivity index (χ4v) is 1.76. The summed E-state index contributed by atoms with van der Waals surface area (Å²) < 4.78 is 0. The molecule has 2 rings (SSSR count). The molecule has 0 radical (unpaired) electrons. The topological polar surface area (TPSA) is 104 Å². The van der Waals surface area contributed by atoms with Crippen LogP contribution in [-0.4, -0.2) is 29.0 Å². The summed E-state index contributed by atoms with van der Waals surface area (Å²) in [5.74, 6) is -0.138. The van der Waals surface area contributed by atoms with Crippen molar-refractivity contribution in [3.05, 3.63) is 46.6 Å². The van der Waals surface area contributed by atoms with E-state index >= 15 is 0 Å². The van der Waals surface area contributed by atoms with E-state index in [1.165, 1.54) is 0 Å². The minimum Gasteiger partial charge on any atom is -0.352 e. The van der Waals surface area contributed by atoms with Crippen molar-refractivity contribution in [3.63, 3.8) is 0 Å². The van der Waals surface area contributed by atoms with Crippen LogP contribution in [0, 0.1) is 0 Å². The lowest BCUT2D eigenvalue weighted by Crippen LogP contribution is -2.24. The SMILES string of the molecule is [N-]=[N+]=NCCCCNC(=O)c1ccc2nccnc2c1. The fraction of sp³-hybridized carbons (Fsp3) is 0.308. The summed E-state index contributed by atoms with van der Waals surface area (Å²) in [7, 11) is 0. The van der Waals surface area contributed by atoms with Crippen molar-refractivity contribution in [2.24, 2.45) is 5.11 Å². The van der Waals surface area contributed by atoms with E-state index in [0.29, 0.717) is 24.2 Å². The van der Waals surface area contributed by atoms with E-state index in [0.717, 1.165) is 18.4 Å². The number of benzene rings is 1. The maximum absolute atomic E-state index is 11.9. The van der Waals surface area contributed by atoms with Crippen molar-refractivity contribution < 1.29 is 4.79 Å². The molecular weight excluding hydrogens is 256 g/mol. The highest BCUT2D eigenvalue weighted by Gasteiger charge is 2.06. The number of carbonyl (C=O) groups excluding carboxylic acids is 1. The predicted molar refractivity (Wildman–Crippen MR) is 75.1 cm³/mol. The van der Waals surface area contributed by atoms with Gasteiger partial charge in [0.1, 0.15) is 0 Å². The van der Waals surface area contributed by atoms with Crippen LogP contribution in [0.25, 0.3) is 21.5 Å². The van der Waals surface area contributed by atoms with Gasteiger partial charge in [-0.2, -0.15) is 0 Å². The Morgan fingerprint density at radius 2 is 2.05 bits per heavy atom. The van der Waals surface area contributed by atoms with Crippen LogP contribution in [0.4, 0.5) is 0 Å². The van der Waals surface area contributed by atoms with Crippen LogP contribution < -0.4 is 5.32 Å².